The zero-order valence-corrected chi connectivity index (χ0v) is 19.2. The lowest BCUT2D eigenvalue weighted by molar-refractivity contribution is -0.123. The summed E-state index contributed by atoms with van der Waals surface area (Å²) in [6.45, 7) is 0.784. The average Bonchev–Trinajstić information content (AvgIpc) is 3.42. The van der Waals surface area contributed by atoms with Crippen LogP contribution in [-0.4, -0.2) is 64.8 Å². The molecule has 0 bridgehead atoms. The molecule has 1 aromatic carbocycles. The van der Waals surface area contributed by atoms with E-state index in [1.54, 1.807) is 39.7 Å². The predicted molar refractivity (Wildman–Crippen MR) is 123 cm³/mol. The highest BCUT2D eigenvalue weighted by Gasteiger charge is 2.24. The summed E-state index contributed by atoms with van der Waals surface area (Å²) >= 11 is 0. The summed E-state index contributed by atoms with van der Waals surface area (Å²) in [5, 5.41) is 12.7. The molecule has 2 aromatic heterocycles. The molecule has 3 aromatic rings. The molecule has 1 atom stereocenters. The number of fused-ring (bicyclic) bond motifs is 2. The quantitative estimate of drug-likeness (QED) is 0.524. The minimum atomic E-state index is -0.728. The van der Waals surface area contributed by atoms with Crippen molar-refractivity contribution in [2.24, 2.45) is 7.05 Å². The summed E-state index contributed by atoms with van der Waals surface area (Å²) in [6.07, 6.45) is 6.75. The molecule has 0 spiro atoms. The maximum absolute atomic E-state index is 12.9. The lowest BCUT2D eigenvalue weighted by atomic mass is 10.1. The first-order valence-electron chi connectivity index (χ1n) is 11.1. The predicted octanol–water partition coefficient (Wildman–Crippen LogP) is 0.889. The highest BCUT2D eigenvalue weighted by Crippen LogP contribution is 2.25. The van der Waals surface area contributed by atoms with Crippen molar-refractivity contribution in [1.82, 2.24) is 30.1 Å². The largest absolute Gasteiger partial charge is 0.497 e. The molecule has 0 saturated carbocycles. The molecule has 3 heterocycles. The fourth-order valence-corrected chi connectivity index (χ4v) is 3.88. The van der Waals surface area contributed by atoms with Crippen molar-refractivity contribution in [3.05, 3.63) is 47.9 Å². The van der Waals surface area contributed by atoms with Crippen LogP contribution in [0.25, 0.3) is 5.65 Å². The van der Waals surface area contributed by atoms with E-state index in [-0.39, 0.29) is 30.9 Å². The first kappa shape index (κ1) is 23.1. The highest BCUT2D eigenvalue weighted by molar-refractivity contribution is 6.02. The van der Waals surface area contributed by atoms with Crippen LogP contribution in [0.1, 0.15) is 40.0 Å². The number of rotatable bonds is 3. The van der Waals surface area contributed by atoms with Gasteiger partial charge in [-0.1, -0.05) is 0 Å². The van der Waals surface area contributed by atoms with Crippen LogP contribution < -0.4 is 25.4 Å². The van der Waals surface area contributed by atoms with Gasteiger partial charge in [0.1, 0.15) is 35.4 Å². The first-order chi connectivity index (χ1) is 16.5. The number of amides is 3. The normalized spacial score (nSPS) is 17.6. The summed E-state index contributed by atoms with van der Waals surface area (Å²) in [4.78, 5) is 38.4. The van der Waals surface area contributed by atoms with Crippen LogP contribution in [0.4, 0.5) is 0 Å². The summed E-state index contributed by atoms with van der Waals surface area (Å²) in [5.74, 6) is 0.0343. The van der Waals surface area contributed by atoms with Gasteiger partial charge in [-0.3, -0.25) is 14.4 Å². The van der Waals surface area contributed by atoms with Gasteiger partial charge in [0.2, 0.25) is 5.91 Å². The van der Waals surface area contributed by atoms with Crippen LogP contribution in [0.15, 0.2) is 36.8 Å². The number of carbonyl (C=O) groups excluding carboxylic acids is 3. The van der Waals surface area contributed by atoms with Crippen LogP contribution in [0.2, 0.25) is 0 Å². The molecule has 0 fully saturated rings. The number of ether oxygens (including phenoxy) is 2. The number of nitrogens with one attached hydrogen (secondary N) is 3. The molecule has 0 unspecified atom stereocenters. The molecule has 3 amide bonds. The van der Waals surface area contributed by atoms with Crippen molar-refractivity contribution in [3.8, 4) is 11.5 Å². The number of methoxy groups -OCH3 is 1. The van der Waals surface area contributed by atoms with E-state index in [4.69, 9.17) is 9.47 Å². The van der Waals surface area contributed by atoms with Crippen molar-refractivity contribution in [3.63, 3.8) is 0 Å². The van der Waals surface area contributed by atoms with E-state index in [1.807, 2.05) is 7.05 Å². The molecule has 11 nitrogen and oxygen atoms in total. The molecule has 11 heteroatoms. The first-order valence-corrected chi connectivity index (χ1v) is 11.1. The average molecular weight is 469 g/mol. The van der Waals surface area contributed by atoms with Crippen LogP contribution in [0.5, 0.6) is 11.5 Å². The maximum Gasteiger partial charge on any atom is 0.257 e. The molecule has 180 valence electrons. The topological polar surface area (TPSA) is 128 Å². The van der Waals surface area contributed by atoms with E-state index in [1.165, 1.54) is 13.3 Å². The van der Waals surface area contributed by atoms with Crippen LogP contribution in [-0.2, 0) is 11.8 Å². The lowest BCUT2D eigenvalue weighted by Gasteiger charge is -2.20. The fourth-order valence-electron chi connectivity index (χ4n) is 3.88. The van der Waals surface area contributed by atoms with Crippen LogP contribution in [0, 0.1) is 0 Å². The number of aryl methyl sites for hydroxylation is 1. The SMILES string of the molecule is COc1ccc2c(c1)OCCNC(=O)[C@@H](NC(=O)c1cnn3ccn(C)c13)CCCCNC2=O. The van der Waals surface area contributed by atoms with Gasteiger partial charge in [-0.05, 0) is 31.4 Å². The lowest BCUT2D eigenvalue weighted by Crippen LogP contribution is -2.47. The van der Waals surface area contributed by atoms with Crippen molar-refractivity contribution >= 4 is 23.4 Å². The fraction of sp³-hybridized carbons (Fsp3) is 0.391. The van der Waals surface area contributed by atoms with Gasteiger partial charge in [-0.2, -0.15) is 5.10 Å². The summed E-state index contributed by atoms with van der Waals surface area (Å²) in [6, 6.07) is 4.26. The maximum atomic E-state index is 12.9. The molecule has 34 heavy (non-hydrogen) atoms. The van der Waals surface area contributed by atoms with Gasteiger partial charge >= 0.3 is 0 Å². The number of hydrogen-bond donors (Lipinski definition) is 3. The Labute approximate surface area is 196 Å². The zero-order chi connectivity index (χ0) is 24.1. The second-order valence-corrected chi connectivity index (χ2v) is 8.01. The Morgan fingerprint density at radius 3 is 2.88 bits per heavy atom. The Bertz CT molecular complexity index is 1200. The van der Waals surface area contributed by atoms with E-state index < -0.39 is 6.04 Å². The van der Waals surface area contributed by atoms with Crippen LogP contribution in [0.3, 0.4) is 0 Å². The number of hydrogen-bond acceptors (Lipinski definition) is 6. The molecule has 0 saturated heterocycles. The van der Waals surface area contributed by atoms with Gasteiger partial charge in [0.25, 0.3) is 11.8 Å². The number of aromatic nitrogens is 3. The number of benzene rings is 1. The number of nitrogens with zero attached hydrogens (tertiary/aromatic N) is 3. The van der Waals surface area contributed by atoms with Gasteiger partial charge in [-0.25, -0.2) is 4.52 Å². The van der Waals surface area contributed by atoms with E-state index in [9.17, 15) is 14.4 Å². The minimum absolute atomic E-state index is 0.146. The molecule has 1 aliphatic rings. The summed E-state index contributed by atoms with van der Waals surface area (Å²) in [7, 11) is 3.36. The Kier molecular flexibility index (Phi) is 7.00. The van der Waals surface area contributed by atoms with Crippen molar-refractivity contribution < 1.29 is 23.9 Å². The molecule has 0 radical (unpaired) electrons. The van der Waals surface area contributed by atoms with Crippen LogP contribution >= 0.6 is 0 Å². The van der Waals surface area contributed by atoms with Gasteiger partial charge < -0.3 is 30.0 Å². The van der Waals surface area contributed by atoms with E-state index in [0.29, 0.717) is 54.1 Å². The zero-order valence-electron chi connectivity index (χ0n) is 19.2. The number of imidazole rings is 1. The Balaban J connectivity index is 1.46. The summed E-state index contributed by atoms with van der Waals surface area (Å²) < 4.78 is 14.4. The minimum Gasteiger partial charge on any atom is -0.497 e. The van der Waals surface area contributed by atoms with Crippen molar-refractivity contribution in [2.75, 3.05) is 26.8 Å². The van der Waals surface area contributed by atoms with Gasteiger partial charge in [0.15, 0.2) is 0 Å². The third kappa shape index (κ3) is 4.98. The van der Waals surface area contributed by atoms with Gasteiger partial charge in [0, 0.05) is 32.1 Å². The van der Waals surface area contributed by atoms with Gasteiger partial charge in [0.05, 0.1) is 25.4 Å². The van der Waals surface area contributed by atoms with E-state index >= 15 is 0 Å². The third-order valence-electron chi connectivity index (χ3n) is 5.70. The second kappa shape index (κ2) is 10.3. The molecule has 4 rings (SSSR count). The second-order valence-electron chi connectivity index (χ2n) is 8.01. The summed E-state index contributed by atoms with van der Waals surface area (Å²) in [5.41, 5.74) is 1.44. The Morgan fingerprint density at radius 2 is 2.06 bits per heavy atom. The van der Waals surface area contributed by atoms with Crippen molar-refractivity contribution in [1.29, 1.82) is 0 Å². The smallest absolute Gasteiger partial charge is 0.257 e. The van der Waals surface area contributed by atoms with Gasteiger partial charge in [-0.15, -0.1) is 0 Å². The Hall–Kier alpha value is -4.02. The molecular weight excluding hydrogens is 440 g/mol. The third-order valence-corrected chi connectivity index (χ3v) is 5.70. The molecular formula is C23H28N6O5. The van der Waals surface area contributed by atoms with E-state index in [0.717, 1.165) is 0 Å². The van der Waals surface area contributed by atoms with E-state index in [2.05, 4.69) is 21.0 Å². The highest BCUT2D eigenvalue weighted by atomic mass is 16.5. The molecule has 1 aliphatic heterocycles. The molecule has 3 N–H and O–H groups in total. The van der Waals surface area contributed by atoms with Crippen molar-refractivity contribution in [2.45, 2.75) is 25.3 Å². The monoisotopic (exact) mass is 468 g/mol. The molecule has 0 aliphatic carbocycles. The number of carbonyl (C=O) groups is 3. The Morgan fingerprint density at radius 1 is 1.21 bits per heavy atom. The standard InChI is InChI=1S/C23H28N6O5/c1-28-10-11-29-23(28)17(14-26-29)21(31)27-18-5-3-4-8-24-20(30)16-7-6-15(33-2)13-19(16)34-12-9-25-22(18)32/h6-7,10-11,13-14,18H,3-5,8-9,12H2,1-2H3,(H,24,30)(H,25,32)(H,27,31)/t18-/m0/s1.